The lowest BCUT2D eigenvalue weighted by molar-refractivity contribution is 0.486. The van der Waals surface area contributed by atoms with Gasteiger partial charge >= 0.3 is 0 Å². The molecule has 0 atom stereocenters. The Labute approximate surface area is 128 Å². The van der Waals surface area contributed by atoms with E-state index in [0.29, 0.717) is 16.2 Å². The molecular weight excluding hydrogens is 368 g/mol. The molecule has 0 bridgehead atoms. The summed E-state index contributed by atoms with van der Waals surface area (Å²) in [7, 11) is -4.32. The van der Waals surface area contributed by atoms with Crippen LogP contribution >= 0.6 is 15.9 Å². The molecule has 3 N–H and O–H groups in total. The van der Waals surface area contributed by atoms with E-state index in [0.717, 1.165) is 6.07 Å². The molecule has 9 heteroatoms. The van der Waals surface area contributed by atoms with Crippen LogP contribution in [0.5, 0.6) is 0 Å². The highest BCUT2D eigenvalue weighted by Gasteiger charge is 2.23. The van der Waals surface area contributed by atoms with Gasteiger partial charge in [0.25, 0.3) is 10.0 Å². The van der Waals surface area contributed by atoms with Gasteiger partial charge in [-0.1, -0.05) is 0 Å². The van der Waals surface area contributed by atoms with Crippen LogP contribution < -0.4 is 10.5 Å². The third-order valence-corrected chi connectivity index (χ3v) is 4.78. The van der Waals surface area contributed by atoms with Gasteiger partial charge in [0.15, 0.2) is 11.6 Å². The Morgan fingerprint density at radius 3 is 2.57 bits per heavy atom. The zero-order chi connectivity index (χ0) is 15.8. The number of nitrogens with zero attached hydrogens (tertiary/aromatic N) is 1. The average molecular weight is 378 g/mol. The maximum atomic E-state index is 13.7. The van der Waals surface area contributed by atoms with Gasteiger partial charge in [-0.15, -0.1) is 0 Å². The second-order valence-electron chi connectivity index (χ2n) is 4.25. The van der Waals surface area contributed by atoms with Crippen LogP contribution in [0, 0.1) is 18.6 Å². The minimum absolute atomic E-state index is 0.123. The van der Waals surface area contributed by atoms with Crippen LogP contribution in [0.3, 0.4) is 0 Å². The third-order valence-electron chi connectivity index (χ3n) is 2.57. The summed E-state index contributed by atoms with van der Waals surface area (Å²) in [5.74, 6) is -2.82. The normalized spacial score (nSPS) is 11.4. The first-order chi connectivity index (χ1) is 9.70. The van der Waals surface area contributed by atoms with Crippen molar-refractivity contribution in [3.05, 3.63) is 46.2 Å². The highest BCUT2D eigenvalue weighted by Crippen LogP contribution is 2.24. The molecule has 0 amide bonds. The van der Waals surface area contributed by atoms with Crippen molar-refractivity contribution < 1.29 is 17.2 Å². The molecule has 0 radical (unpaired) electrons. The monoisotopic (exact) mass is 377 g/mol. The molecule has 2 rings (SSSR count). The van der Waals surface area contributed by atoms with Crippen LogP contribution in [0.1, 0.15) is 5.56 Å². The van der Waals surface area contributed by atoms with Gasteiger partial charge in [-0.25, -0.2) is 22.2 Å². The average Bonchev–Trinajstić information content (AvgIpc) is 2.37. The SMILES string of the molecule is Cc1cc(NS(=O)(=O)c2cc(N)cc(F)c2F)cnc1Br. The van der Waals surface area contributed by atoms with Crippen LogP contribution in [0.2, 0.25) is 0 Å². The summed E-state index contributed by atoms with van der Waals surface area (Å²) in [6, 6.07) is 3.05. The molecule has 0 saturated carbocycles. The highest BCUT2D eigenvalue weighted by atomic mass is 79.9. The Balaban J connectivity index is 2.45. The molecule has 112 valence electrons. The lowest BCUT2D eigenvalue weighted by Crippen LogP contribution is -2.16. The highest BCUT2D eigenvalue weighted by molar-refractivity contribution is 9.10. The van der Waals surface area contributed by atoms with Gasteiger partial charge in [-0.3, -0.25) is 4.72 Å². The number of sulfonamides is 1. The number of anilines is 2. The number of pyridine rings is 1. The first-order valence-corrected chi connectivity index (χ1v) is 7.88. The molecule has 0 fully saturated rings. The molecule has 2 aromatic rings. The first-order valence-electron chi connectivity index (χ1n) is 5.60. The lowest BCUT2D eigenvalue weighted by atomic mass is 10.3. The van der Waals surface area contributed by atoms with E-state index in [4.69, 9.17) is 5.73 Å². The van der Waals surface area contributed by atoms with E-state index in [9.17, 15) is 17.2 Å². The molecule has 0 aliphatic heterocycles. The summed E-state index contributed by atoms with van der Waals surface area (Å²) >= 11 is 3.17. The molecule has 5 nitrogen and oxygen atoms in total. The van der Waals surface area contributed by atoms with Gasteiger partial charge in [0.05, 0.1) is 11.9 Å². The standard InChI is InChI=1S/C12H10BrF2N3O2S/c1-6-2-8(5-17-12(6)13)18-21(19,20)10-4-7(16)3-9(14)11(10)15/h2-5,18H,16H2,1H3. The van der Waals surface area contributed by atoms with Gasteiger partial charge in [0.2, 0.25) is 0 Å². The largest absolute Gasteiger partial charge is 0.399 e. The Bertz CT molecular complexity index is 812. The molecule has 0 saturated heterocycles. The summed E-state index contributed by atoms with van der Waals surface area (Å²) in [6.45, 7) is 1.70. The van der Waals surface area contributed by atoms with E-state index >= 15 is 0 Å². The van der Waals surface area contributed by atoms with Crippen molar-refractivity contribution in [3.63, 3.8) is 0 Å². The summed E-state index contributed by atoms with van der Waals surface area (Å²) in [4.78, 5) is 3.05. The van der Waals surface area contributed by atoms with E-state index in [2.05, 4.69) is 25.6 Å². The predicted octanol–water partition coefficient (Wildman–Crippen LogP) is 2.81. The minimum atomic E-state index is -4.32. The van der Waals surface area contributed by atoms with Crippen LogP contribution in [0.15, 0.2) is 33.9 Å². The van der Waals surface area contributed by atoms with Gasteiger partial charge in [0.1, 0.15) is 9.50 Å². The number of nitrogen functional groups attached to an aromatic ring is 1. The number of hydrogen-bond donors (Lipinski definition) is 2. The number of rotatable bonds is 3. The summed E-state index contributed by atoms with van der Waals surface area (Å²) < 4.78 is 53.8. The van der Waals surface area contributed by atoms with Crippen LogP contribution in [-0.4, -0.2) is 13.4 Å². The fourth-order valence-electron chi connectivity index (χ4n) is 1.60. The summed E-state index contributed by atoms with van der Waals surface area (Å²) in [5.41, 5.74) is 5.95. The summed E-state index contributed by atoms with van der Waals surface area (Å²) in [5, 5.41) is 0. The molecule has 0 aliphatic carbocycles. The van der Waals surface area contributed by atoms with Gasteiger partial charge < -0.3 is 5.73 Å². The van der Waals surface area contributed by atoms with Crippen LogP contribution in [0.25, 0.3) is 0 Å². The zero-order valence-corrected chi connectivity index (χ0v) is 13.1. The first kappa shape index (κ1) is 15.6. The minimum Gasteiger partial charge on any atom is -0.399 e. The van der Waals surface area contributed by atoms with Crippen molar-refractivity contribution in [3.8, 4) is 0 Å². The second-order valence-corrected chi connectivity index (χ2v) is 6.65. The Hall–Kier alpha value is -1.74. The van der Waals surface area contributed by atoms with Crippen molar-refractivity contribution in [2.24, 2.45) is 0 Å². The number of benzene rings is 1. The van der Waals surface area contributed by atoms with Crippen LogP contribution in [0.4, 0.5) is 20.2 Å². The summed E-state index contributed by atoms with van der Waals surface area (Å²) in [6.07, 6.45) is 1.25. The van der Waals surface area contributed by atoms with E-state index in [1.54, 1.807) is 6.92 Å². The van der Waals surface area contributed by atoms with Gasteiger partial charge in [-0.05, 0) is 46.6 Å². The quantitative estimate of drug-likeness (QED) is 0.636. The Kier molecular flexibility index (Phi) is 4.15. The molecule has 1 heterocycles. The van der Waals surface area contributed by atoms with E-state index < -0.39 is 26.6 Å². The fraction of sp³-hybridized carbons (Fsp3) is 0.0833. The van der Waals surface area contributed by atoms with Gasteiger partial charge in [0, 0.05) is 5.69 Å². The molecule has 0 aliphatic rings. The van der Waals surface area contributed by atoms with Crippen molar-refractivity contribution in [2.75, 3.05) is 10.5 Å². The molecule has 1 aromatic heterocycles. The number of aryl methyl sites for hydroxylation is 1. The Morgan fingerprint density at radius 1 is 1.29 bits per heavy atom. The molecule has 0 unspecified atom stereocenters. The lowest BCUT2D eigenvalue weighted by Gasteiger charge is -2.10. The topological polar surface area (TPSA) is 85.1 Å². The van der Waals surface area contributed by atoms with Crippen molar-refractivity contribution >= 4 is 37.3 Å². The molecule has 21 heavy (non-hydrogen) atoms. The maximum Gasteiger partial charge on any atom is 0.265 e. The zero-order valence-electron chi connectivity index (χ0n) is 10.7. The van der Waals surface area contributed by atoms with Crippen molar-refractivity contribution in [1.29, 1.82) is 0 Å². The van der Waals surface area contributed by atoms with E-state index in [1.165, 1.54) is 12.3 Å². The maximum absolute atomic E-state index is 13.7. The third kappa shape index (κ3) is 3.30. The van der Waals surface area contributed by atoms with Gasteiger partial charge in [-0.2, -0.15) is 0 Å². The number of aromatic nitrogens is 1. The van der Waals surface area contributed by atoms with Crippen LogP contribution in [-0.2, 0) is 10.0 Å². The smallest absolute Gasteiger partial charge is 0.265 e. The molecular formula is C12H10BrF2N3O2S. The number of nitrogens with two attached hydrogens (primary N) is 1. The Morgan fingerprint density at radius 2 is 1.95 bits per heavy atom. The number of hydrogen-bond acceptors (Lipinski definition) is 4. The van der Waals surface area contributed by atoms with Crippen molar-refractivity contribution in [1.82, 2.24) is 4.98 Å². The van der Waals surface area contributed by atoms with E-state index in [-0.39, 0.29) is 11.4 Å². The second kappa shape index (κ2) is 5.57. The fourth-order valence-corrected chi connectivity index (χ4v) is 2.98. The molecule has 1 aromatic carbocycles. The van der Waals surface area contributed by atoms with Crippen molar-refractivity contribution in [2.45, 2.75) is 11.8 Å². The van der Waals surface area contributed by atoms with E-state index in [1.807, 2.05) is 0 Å². The predicted molar refractivity (Wildman–Crippen MR) is 78.3 cm³/mol. The molecule has 0 spiro atoms. The number of nitrogens with one attached hydrogen (secondary N) is 1. The number of halogens is 3.